The summed E-state index contributed by atoms with van der Waals surface area (Å²) in [6.07, 6.45) is -2.29. The quantitative estimate of drug-likeness (QED) is 0.789. The van der Waals surface area contributed by atoms with Gasteiger partial charge in [0.05, 0.1) is 6.54 Å². The van der Waals surface area contributed by atoms with E-state index in [4.69, 9.17) is 0 Å². The summed E-state index contributed by atoms with van der Waals surface area (Å²) < 4.78 is 25.3. The lowest BCUT2D eigenvalue weighted by molar-refractivity contribution is 0.0816. The lowest BCUT2D eigenvalue weighted by Crippen LogP contribution is -2.27. The van der Waals surface area contributed by atoms with Gasteiger partial charge in [-0.05, 0) is 22.3 Å². The largest absolute Gasteiger partial charge is 0.289 e. The lowest BCUT2D eigenvalue weighted by Gasteiger charge is -2.20. The molecule has 0 bridgehead atoms. The minimum atomic E-state index is -2.29. The van der Waals surface area contributed by atoms with Gasteiger partial charge < -0.3 is 0 Å². The molecule has 0 atom stereocenters. The summed E-state index contributed by atoms with van der Waals surface area (Å²) in [6, 6.07) is 16.1. The van der Waals surface area contributed by atoms with Crippen molar-refractivity contribution in [3.8, 4) is 11.1 Å². The first-order chi connectivity index (χ1) is 9.24. The average Bonchev–Trinajstić information content (AvgIpc) is 2.54. The minimum absolute atomic E-state index is 0.178. The smallest absolute Gasteiger partial charge is 0.251 e. The Hall–Kier alpha value is -1.74. The van der Waals surface area contributed by atoms with E-state index >= 15 is 0 Å². The van der Waals surface area contributed by atoms with Crippen LogP contribution in [0.25, 0.3) is 11.1 Å². The van der Waals surface area contributed by atoms with E-state index in [1.807, 2.05) is 41.3 Å². The monoisotopic (exact) mass is 259 g/mol. The number of fused-ring (bicyclic) bond motifs is 3. The third-order valence-electron chi connectivity index (χ3n) is 3.51. The zero-order valence-electron chi connectivity index (χ0n) is 10.5. The van der Waals surface area contributed by atoms with Crippen molar-refractivity contribution in [3.63, 3.8) is 0 Å². The van der Waals surface area contributed by atoms with Gasteiger partial charge in [0.15, 0.2) is 0 Å². The second-order valence-electron chi connectivity index (χ2n) is 4.88. The molecule has 0 saturated carbocycles. The van der Waals surface area contributed by atoms with Crippen LogP contribution in [0.5, 0.6) is 0 Å². The topological polar surface area (TPSA) is 3.24 Å². The molecule has 98 valence electrons. The predicted octanol–water partition coefficient (Wildman–Crippen LogP) is 3.93. The number of nitrogens with zero attached hydrogens (tertiary/aromatic N) is 1. The Kier molecular flexibility index (Phi) is 3.30. The van der Waals surface area contributed by atoms with Crippen LogP contribution in [0.1, 0.15) is 11.1 Å². The first kappa shape index (κ1) is 12.3. The van der Waals surface area contributed by atoms with Gasteiger partial charge in [0, 0.05) is 13.1 Å². The van der Waals surface area contributed by atoms with Crippen LogP contribution >= 0.6 is 0 Å². The summed E-state index contributed by atoms with van der Waals surface area (Å²) in [5, 5.41) is 0. The zero-order valence-corrected chi connectivity index (χ0v) is 10.5. The Morgan fingerprint density at radius 2 is 1.32 bits per heavy atom. The molecule has 0 N–H and O–H groups in total. The van der Waals surface area contributed by atoms with Crippen molar-refractivity contribution in [2.75, 3.05) is 6.54 Å². The Bertz CT molecular complexity index is 533. The van der Waals surface area contributed by atoms with Crippen molar-refractivity contribution in [2.24, 2.45) is 0 Å². The summed E-state index contributed by atoms with van der Waals surface area (Å²) in [4.78, 5) is 1.81. The van der Waals surface area contributed by atoms with E-state index in [-0.39, 0.29) is 6.54 Å². The van der Waals surface area contributed by atoms with Gasteiger partial charge in [-0.2, -0.15) is 0 Å². The van der Waals surface area contributed by atoms with E-state index in [1.54, 1.807) is 0 Å². The van der Waals surface area contributed by atoms with Gasteiger partial charge in [0.2, 0.25) is 0 Å². The van der Waals surface area contributed by atoms with Crippen LogP contribution in [0.15, 0.2) is 48.5 Å². The first-order valence-corrected chi connectivity index (χ1v) is 6.41. The third-order valence-corrected chi connectivity index (χ3v) is 3.51. The van der Waals surface area contributed by atoms with Crippen molar-refractivity contribution in [2.45, 2.75) is 19.5 Å². The number of alkyl halides is 2. The summed E-state index contributed by atoms with van der Waals surface area (Å²) in [7, 11) is 0. The molecular formula is C16H15F2N. The molecule has 19 heavy (non-hydrogen) atoms. The number of rotatable bonds is 2. The minimum Gasteiger partial charge on any atom is -0.289 e. The molecule has 1 heterocycles. The van der Waals surface area contributed by atoms with Gasteiger partial charge in [-0.1, -0.05) is 48.5 Å². The molecule has 0 saturated heterocycles. The van der Waals surface area contributed by atoms with Crippen molar-refractivity contribution in [3.05, 3.63) is 59.7 Å². The van der Waals surface area contributed by atoms with Gasteiger partial charge in [-0.3, -0.25) is 4.90 Å². The number of benzene rings is 2. The molecule has 2 aromatic carbocycles. The molecule has 3 rings (SSSR count). The fourth-order valence-electron chi connectivity index (χ4n) is 2.70. The summed E-state index contributed by atoms with van der Waals surface area (Å²) >= 11 is 0. The van der Waals surface area contributed by atoms with E-state index in [9.17, 15) is 8.78 Å². The molecule has 0 unspecified atom stereocenters. The highest BCUT2D eigenvalue weighted by molar-refractivity contribution is 5.71. The lowest BCUT2D eigenvalue weighted by atomic mass is 9.97. The molecule has 1 aliphatic rings. The molecule has 0 spiro atoms. The summed E-state index contributed by atoms with van der Waals surface area (Å²) in [5.41, 5.74) is 4.56. The van der Waals surface area contributed by atoms with Crippen molar-refractivity contribution in [1.82, 2.24) is 4.90 Å². The maximum absolute atomic E-state index is 12.7. The van der Waals surface area contributed by atoms with Gasteiger partial charge >= 0.3 is 0 Å². The highest BCUT2D eigenvalue weighted by Crippen LogP contribution is 2.32. The Morgan fingerprint density at radius 3 is 1.79 bits per heavy atom. The van der Waals surface area contributed by atoms with Crippen LogP contribution in [0.2, 0.25) is 0 Å². The Balaban J connectivity index is 2.07. The highest BCUT2D eigenvalue weighted by atomic mass is 19.3. The number of hydrogen-bond acceptors (Lipinski definition) is 1. The van der Waals surface area contributed by atoms with E-state index in [2.05, 4.69) is 12.1 Å². The molecule has 1 nitrogen and oxygen atoms in total. The number of halogens is 2. The molecular weight excluding hydrogens is 244 g/mol. The van der Waals surface area contributed by atoms with E-state index in [0.717, 1.165) is 22.3 Å². The highest BCUT2D eigenvalue weighted by Gasteiger charge is 2.20. The van der Waals surface area contributed by atoms with E-state index in [1.165, 1.54) is 0 Å². The molecule has 0 fully saturated rings. The molecule has 0 aromatic heterocycles. The van der Waals surface area contributed by atoms with Crippen molar-refractivity contribution >= 4 is 0 Å². The van der Waals surface area contributed by atoms with Gasteiger partial charge in [0.1, 0.15) is 0 Å². The Labute approximate surface area is 111 Å². The number of hydrogen-bond donors (Lipinski definition) is 0. The standard InChI is InChI=1S/C16H15F2N/c17-16(18)11-19-9-12-5-1-3-7-14(12)15-8-4-2-6-13(15)10-19/h1-8,16H,9-11H2. The van der Waals surface area contributed by atoms with Gasteiger partial charge in [0.25, 0.3) is 6.43 Å². The van der Waals surface area contributed by atoms with Crippen LogP contribution in [0, 0.1) is 0 Å². The van der Waals surface area contributed by atoms with Gasteiger partial charge in [-0.15, -0.1) is 0 Å². The van der Waals surface area contributed by atoms with Crippen LogP contribution in [-0.4, -0.2) is 17.9 Å². The van der Waals surface area contributed by atoms with Crippen LogP contribution < -0.4 is 0 Å². The fraction of sp³-hybridized carbons (Fsp3) is 0.250. The van der Waals surface area contributed by atoms with E-state index in [0.29, 0.717) is 13.1 Å². The maximum atomic E-state index is 12.7. The SMILES string of the molecule is FC(F)CN1Cc2ccccc2-c2ccccc2C1. The normalized spacial score (nSPS) is 14.9. The molecule has 1 aliphatic heterocycles. The predicted molar refractivity (Wildman–Crippen MR) is 72.0 cm³/mol. The molecule has 3 heteroatoms. The molecule has 2 aromatic rings. The van der Waals surface area contributed by atoms with E-state index < -0.39 is 6.43 Å². The van der Waals surface area contributed by atoms with Crippen LogP contribution in [0.4, 0.5) is 8.78 Å². The summed E-state index contributed by atoms with van der Waals surface area (Å²) in [5.74, 6) is 0. The summed E-state index contributed by atoms with van der Waals surface area (Å²) in [6.45, 7) is 0.979. The van der Waals surface area contributed by atoms with Gasteiger partial charge in [-0.25, -0.2) is 8.78 Å². The Morgan fingerprint density at radius 1 is 0.842 bits per heavy atom. The fourth-order valence-corrected chi connectivity index (χ4v) is 2.70. The average molecular weight is 259 g/mol. The zero-order chi connectivity index (χ0) is 13.2. The molecule has 0 radical (unpaired) electrons. The van der Waals surface area contributed by atoms with Crippen molar-refractivity contribution < 1.29 is 8.78 Å². The first-order valence-electron chi connectivity index (χ1n) is 6.41. The second-order valence-corrected chi connectivity index (χ2v) is 4.88. The molecule has 0 aliphatic carbocycles. The van der Waals surface area contributed by atoms with Crippen LogP contribution in [0.3, 0.4) is 0 Å². The van der Waals surface area contributed by atoms with Crippen molar-refractivity contribution in [1.29, 1.82) is 0 Å². The molecule has 0 amide bonds. The third kappa shape index (κ3) is 2.51. The van der Waals surface area contributed by atoms with Crippen LogP contribution in [-0.2, 0) is 13.1 Å². The second kappa shape index (κ2) is 5.10. The maximum Gasteiger partial charge on any atom is 0.251 e.